The van der Waals surface area contributed by atoms with Gasteiger partial charge in [-0.15, -0.1) is 0 Å². The van der Waals surface area contributed by atoms with Crippen molar-refractivity contribution in [3.8, 4) is 5.75 Å². The van der Waals surface area contributed by atoms with E-state index in [-0.39, 0.29) is 5.82 Å². The predicted octanol–water partition coefficient (Wildman–Crippen LogP) is 4.28. The number of hydrogen-bond acceptors (Lipinski definition) is 2. The molecular formula is C16H17BrFNO. The highest BCUT2D eigenvalue weighted by atomic mass is 79.9. The fraction of sp³-hybridized carbons (Fsp3) is 0.250. The minimum atomic E-state index is -0.271. The number of hydrogen-bond donors (Lipinski definition) is 1. The molecule has 0 amide bonds. The molecule has 0 saturated heterocycles. The number of ether oxygens (including phenoxy) is 1. The van der Waals surface area contributed by atoms with Gasteiger partial charge in [-0.25, -0.2) is 4.39 Å². The van der Waals surface area contributed by atoms with E-state index in [1.165, 1.54) is 6.07 Å². The van der Waals surface area contributed by atoms with Gasteiger partial charge in [0, 0.05) is 17.7 Å². The Kier molecular flexibility index (Phi) is 5.56. The summed E-state index contributed by atoms with van der Waals surface area (Å²) in [5.41, 5.74) is 1.89. The Labute approximate surface area is 127 Å². The molecule has 0 saturated carbocycles. The van der Waals surface area contributed by atoms with E-state index < -0.39 is 0 Å². The van der Waals surface area contributed by atoms with Gasteiger partial charge in [0.05, 0.1) is 4.47 Å². The van der Waals surface area contributed by atoms with Crippen LogP contribution in [0.25, 0.3) is 0 Å². The van der Waals surface area contributed by atoms with Gasteiger partial charge in [0.2, 0.25) is 0 Å². The molecule has 0 aliphatic heterocycles. The van der Waals surface area contributed by atoms with Crippen LogP contribution in [0, 0.1) is 5.82 Å². The standard InChI is InChI=1S/C16H17BrFNO/c1-2-19-10-12-6-3-4-9-15(12)20-11-13-7-5-8-14(18)16(13)17/h3-9,19H,2,10-11H2,1H3. The summed E-state index contributed by atoms with van der Waals surface area (Å²) >= 11 is 3.25. The van der Waals surface area contributed by atoms with E-state index in [2.05, 4.69) is 28.2 Å². The average molecular weight is 338 g/mol. The Morgan fingerprint density at radius 3 is 2.65 bits per heavy atom. The lowest BCUT2D eigenvalue weighted by Crippen LogP contribution is -2.12. The summed E-state index contributed by atoms with van der Waals surface area (Å²) in [6, 6.07) is 12.8. The Hall–Kier alpha value is -1.39. The van der Waals surface area contributed by atoms with Crippen molar-refractivity contribution in [1.82, 2.24) is 5.32 Å². The first-order chi connectivity index (χ1) is 9.72. The molecule has 0 radical (unpaired) electrons. The van der Waals surface area contributed by atoms with E-state index in [0.29, 0.717) is 11.1 Å². The van der Waals surface area contributed by atoms with Crippen LogP contribution in [0.15, 0.2) is 46.9 Å². The Morgan fingerprint density at radius 2 is 1.85 bits per heavy atom. The summed E-state index contributed by atoms with van der Waals surface area (Å²) in [7, 11) is 0. The molecule has 0 bridgehead atoms. The van der Waals surface area contributed by atoms with Crippen LogP contribution in [0.2, 0.25) is 0 Å². The van der Waals surface area contributed by atoms with Gasteiger partial charge in [-0.2, -0.15) is 0 Å². The van der Waals surface area contributed by atoms with Crippen molar-refractivity contribution in [2.45, 2.75) is 20.1 Å². The van der Waals surface area contributed by atoms with Gasteiger partial charge in [0.15, 0.2) is 0 Å². The third kappa shape index (κ3) is 3.81. The zero-order chi connectivity index (χ0) is 14.4. The Morgan fingerprint density at radius 1 is 1.10 bits per heavy atom. The number of rotatable bonds is 6. The maximum Gasteiger partial charge on any atom is 0.137 e. The highest BCUT2D eigenvalue weighted by Crippen LogP contribution is 2.24. The molecule has 106 valence electrons. The van der Waals surface area contributed by atoms with Gasteiger partial charge in [-0.1, -0.05) is 37.3 Å². The summed E-state index contributed by atoms with van der Waals surface area (Å²) in [5.74, 6) is 0.552. The second-order valence-corrected chi connectivity index (χ2v) is 5.18. The van der Waals surface area contributed by atoms with Gasteiger partial charge < -0.3 is 10.1 Å². The second kappa shape index (κ2) is 7.41. The smallest absolute Gasteiger partial charge is 0.137 e. The molecule has 20 heavy (non-hydrogen) atoms. The van der Waals surface area contributed by atoms with E-state index in [0.717, 1.165) is 30.0 Å². The Bertz CT molecular complexity index is 574. The van der Waals surface area contributed by atoms with Crippen LogP contribution in [0.1, 0.15) is 18.1 Å². The number of benzene rings is 2. The molecule has 2 aromatic carbocycles. The lowest BCUT2D eigenvalue weighted by Gasteiger charge is -2.12. The monoisotopic (exact) mass is 337 g/mol. The first-order valence-electron chi connectivity index (χ1n) is 6.56. The van der Waals surface area contributed by atoms with Crippen LogP contribution < -0.4 is 10.1 Å². The van der Waals surface area contributed by atoms with Crippen molar-refractivity contribution in [1.29, 1.82) is 0 Å². The fourth-order valence-electron chi connectivity index (χ4n) is 1.87. The molecule has 2 aromatic rings. The topological polar surface area (TPSA) is 21.3 Å². The summed E-state index contributed by atoms with van der Waals surface area (Å²) in [6.07, 6.45) is 0. The van der Waals surface area contributed by atoms with E-state index in [4.69, 9.17) is 4.74 Å². The van der Waals surface area contributed by atoms with Crippen molar-refractivity contribution in [2.24, 2.45) is 0 Å². The molecule has 4 heteroatoms. The lowest BCUT2D eigenvalue weighted by atomic mass is 10.2. The number of halogens is 2. The van der Waals surface area contributed by atoms with Gasteiger partial charge >= 0.3 is 0 Å². The minimum Gasteiger partial charge on any atom is -0.489 e. The predicted molar refractivity (Wildman–Crippen MR) is 82.3 cm³/mol. The highest BCUT2D eigenvalue weighted by molar-refractivity contribution is 9.10. The Balaban J connectivity index is 2.09. The summed E-state index contributed by atoms with van der Waals surface area (Å²) in [5, 5.41) is 3.27. The fourth-order valence-corrected chi connectivity index (χ4v) is 2.24. The molecule has 0 aliphatic carbocycles. The third-order valence-electron chi connectivity index (χ3n) is 2.95. The molecule has 0 unspecified atom stereocenters. The zero-order valence-electron chi connectivity index (χ0n) is 11.3. The van der Waals surface area contributed by atoms with Crippen LogP contribution in [0.5, 0.6) is 5.75 Å². The lowest BCUT2D eigenvalue weighted by molar-refractivity contribution is 0.300. The normalized spacial score (nSPS) is 10.6. The molecule has 0 atom stereocenters. The summed E-state index contributed by atoms with van der Waals surface area (Å²) in [6.45, 7) is 4.07. The SMILES string of the molecule is CCNCc1ccccc1OCc1cccc(F)c1Br. The number of para-hydroxylation sites is 1. The van der Waals surface area contributed by atoms with Crippen molar-refractivity contribution in [2.75, 3.05) is 6.54 Å². The minimum absolute atomic E-state index is 0.271. The largest absolute Gasteiger partial charge is 0.489 e. The van der Waals surface area contributed by atoms with Crippen molar-refractivity contribution >= 4 is 15.9 Å². The summed E-state index contributed by atoms with van der Waals surface area (Å²) in [4.78, 5) is 0. The van der Waals surface area contributed by atoms with Crippen molar-refractivity contribution < 1.29 is 9.13 Å². The quantitative estimate of drug-likeness (QED) is 0.849. The average Bonchev–Trinajstić information content (AvgIpc) is 2.47. The second-order valence-electron chi connectivity index (χ2n) is 4.39. The zero-order valence-corrected chi connectivity index (χ0v) is 12.9. The molecule has 2 nitrogen and oxygen atoms in total. The third-order valence-corrected chi connectivity index (χ3v) is 3.84. The molecule has 0 spiro atoms. The van der Waals surface area contributed by atoms with Crippen LogP contribution in [-0.4, -0.2) is 6.54 Å². The van der Waals surface area contributed by atoms with Gasteiger partial charge in [0.25, 0.3) is 0 Å². The van der Waals surface area contributed by atoms with E-state index in [9.17, 15) is 4.39 Å². The van der Waals surface area contributed by atoms with Gasteiger partial charge in [0.1, 0.15) is 18.2 Å². The molecule has 1 N–H and O–H groups in total. The molecule has 0 aliphatic rings. The maximum atomic E-state index is 13.4. The van der Waals surface area contributed by atoms with Gasteiger partial charge in [-0.05, 0) is 34.6 Å². The molecule has 2 rings (SSSR count). The van der Waals surface area contributed by atoms with Crippen LogP contribution >= 0.6 is 15.9 Å². The number of nitrogens with one attached hydrogen (secondary N) is 1. The molecule has 0 heterocycles. The van der Waals surface area contributed by atoms with Crippen LogP contribution in [0.4, 0.5) is 4.39 Å². The molecule has 0 fully saturated rings. The van der Waals surface area contributed by atoms with Crippen LogP contribution in [-0.2, 0) is 13.2 Å². The highest BCUT2D eigenvalue weighted by Gasteiger charge is 2.07. The van der Waals surface area contributed by atoms with Crippen molar-refractivity contribution in [3.63, 3.8) is 0 Å². The molecular weight excluding hydrogens is 321 g/mol. The van der Waals surface area contributed by atoms with E-state index >= 15 is 0 Å². The van der Waals surface area contributed by atoms with Crippen LogP contribution in [0.3, 0.4) is 0 Å². The summed E-state index contributed by atoms with van der Waals surface area (Å²) < 4.78 is 19.7. The maximum absolute atomic E-state index is 13.4. The van der Waals surface area contributed by atoms with Crippen molar-refractivity contribution in [3.05, 3.63) is 63.9 Å². The van der Waals surface area contributed by atoms with Gasteiger partial charge in [-0.3, -0.25) is 0 Å². The first kappa shape index (κ1) is 15.0. The molecule has 0 aromatic heterocycles. The first-order valence-corrected chi connectivity index (χ1v) is 7.36. The van der Waals surface area contributed by atoms with E-state index in [1.807, 2.05) is 30.3 Å². The van der Waals surface area contributed by atoms with E-state index in [1.54, 1.807) is 6.07 Å².